The fraction of sp³-hybridized carbons (Fsp3) is 0.452. The number of phenols is 1. The number of H-pyrrole nitrogens is 1. The van der Waals surface area contributed by atoms with Crippen LogP contribution in [0.1, 0.15) is 69.1 Å². The average molecular weight is 617 g/mol. The predicted molar refractivity (Wildman–Crippen MR) is 164 cm³/mol. The topological polar surface area (TPSA) is 138 Å². The number of nitrogens with one attached hydrogen (secondary N) is 1. The van der Waals surface area contributed by atoms with Gasteiger partial charge in [0.15, 0.2) is 8.32 Å². The summed E-state index contributed by atoms with van der Waals surface area (Å²) >= 11 is 0. The molecule has 0 aliphatic rings. The van der Waals surface area contributed by atoms with Crippen LogP contribution >= 0.6 is 0 Å². The van der Waals surface area contributed by atoms with E-state index in [-0.39, 0.29) is 40.7 Å². The van der Waals surface area contributed by atoms with Crippen molar-refractivity contribution in [1.82, 2.24) is 9.88 Å². The minimum absolute atomic E-state index is 0.0636. The summed E-state index contributed by atoms with van der Waals surface area (Å²) in [5.74, 6) is -2.46. The Morgan fingerprint density at radius 1 is 1.07 bits per heavy atom. The Labute approximate surface area is 251 Å². The molecular formula is C31H41FN2O8Si. The van der Waals surface area contributed by atoms with Crippen LogP contribution in [0.5, 0.6) is 11.5 Å². The number of halogens is 1. The maximum absolute atomic E-state index is 14.8. The number of hydrogen-bond donors (Lipinski definition) is 3. The average Bonchev–Trinajstić information content (AvgIpc) is 2.86. The lowest BCUT2D eigenvalue weighted by Crippen LogP contribution is -2.45. The number of methoxy groups -OCH3 is 1. The van der Waals surface area contributed by atoms with Crippen LogP contribution in [0.2, 0.25) is 18.1 Å². The quantitative estimate of drug-likeness (QED) is 0.229. The summed E-state index contributed by atoms with van der Waals surface area (Å²) in [4.78, 5) is 41.3. The standard InChI is InChI=1S/C31H41FN2O8Si/c1-30(2,3)41-29(39)34(16-18-14-22(32)21(28(37)38)15-24(18)40-7)17-25(42-43(8,9)31(4,5)6)19-10-12-23(35)27-20(19)11-13-26(36)33-27/h10-15,25,35H,16-17H2,1-9H3,(H,33,36)(H,37,38). The number of carboxylic acids is 1. The molecule has 234 valence electrons. The lowest BCUT2D eigenvalue weighted by Gasteiger charge is -2.41. The second-order valence-corrected chi connectivity index (χ2v) is 17.7. The highest BCUT2D eigenvalue weighted by atomic mass is 28.4. The highest BCUT2D eigenvalue weighted by Gasteiger charge is 2.41. The Balaban J connectivity index is 2.21. The number of hydrogen-bond acceptors (Lipinski definition) is 7. The van der Waals surface area contributed by atoms with Crippen molar-refractivity contribution in [2.45, 2.75) is 77.9 Å². The van der Waals surface area contributed by atoms with Crippen molar-refractivity contribution < 1.29 is 38.1 Å². The number of rotatable bonds is 9. The van der Waals surface area contributed by atoms with Crippen molar-refractivity contribution in [2.75, 3.05) is 13.7 Å². The molecule has 1 atom stereocenters. The number of aromatic carboxylic acids is 1. The predicted octanol–water partition coefficient (Wildman–Crippen LogP) is 6.58. The molecule has 10 nitrogen and oxygen atoms in total. The summed E-state index contributed by atoms with van der Waals surface area (Å²) in [6.45, 7) is 15.3. The minimum Gasteiger partial charge on any atom is -0.506 e. The third kappa shape index (κ3) is 7.93. The zero-order valence-corrected chi connectivity index (χ0v) is 27.1. The number of carboxylic acid groups (broad SMARTS) is 1. The molecular weight excluding hydrogens is 575 g/mol. The molecule has 3 aromatic rings. The number of phenolic OH excluding ortho intramolecular Hbond substituents is 1. The lowest BCUT2D eigenvalue weighted by atomic mass is 10.0. The summed E-state index contributed by atoms with van der Waals surface area (Å²) in [6, 6.07) is 8.18. The van der Waals surface area contributed by atoms with E-state index < -0.39 is 49.0 Å². The Kier molecular flexibility index (Phi) is 9.67. The fourth-order valence-corrected chi connectivity index (χ4v) is 5.55. The molecule has 0 saturated heterocycles. The number of aromatic nitrogens is 1. The van der Waals surface area contributed by atoms with Crippen LogP contribution in [0.3, 0.4) is 0 Å². The highest BCUT2D eigenvalue weighted by Crippen LogP contribution is 2.42. The molecule has 43 heavy (non-hydrogen) atoms. The molecule has 12 heteroatoms. The minimum atomic E-state index is -2.51. The van der Waals surface area contributed by atoms with E-state index in [4.69, 9.17) is 13.9 Å². The third-order valence-corrected chi connectivity index (χ3v) is 12.0. The molecule has 0 saturated carbocycles. The summed E-state index contributed by atoms with van der Waals surface area (Å²) in [6.07, 6.45) is -1.48. The number of fused-ring (bicyclic) bond motifs is 1. The van der Waals surface area contributed by atoms with Crippen LogP contribution in [0.15, 0.2) is 41.2 Å². The first kappa shape index (κ1) is 33.6. The van der Waals surface area contributed by atoms with Crippen LogP contribution in [0, 0.1) is 5.82 Å². The molecule has 0 fully saturated rings. The molecule has 0 bridgehead atoms. The fourth-order valence-electron chi connectivity index (χ4n) is 4.28. The maximum Gasteiger partial charge on any atom is 0.410 e. The zero-order chi connectivity index (χ0) is 32.5. The van der Waals surface area contributed by atoms with E-state index in [2.05, 4.69) is 38.8 Å². The second-order valence-electron chi connectivity index (χ2n) is 13.0. The zero-order valence-electron chi connectivity index (χ0n) is 26.1. The van der Waals surface area contributed by atoms with Gasteiger partial charge < -0.3 is 34.0 Å². The first-order chi connectivity index (χ1) is 19.7. The van der Waals surface area contributed by atoms with Crippen molar-refractivity contribution in [3.63, 3.8) is 0 Å². The summed E-state index contributed by atoms with van der Waals surface area (Å²) in [7, 11) is -1.19. The van der Waals surface area contributed by atoms with E-state index in [1.807, 2.05) is 0 Å². The number of amides is 1. The largest absolute Gasteiger partial charge is 0.506 e. The SMILES string of the molecule is COc1cc(C(=O)O)c(F)cc1CN(CC(O[Si](C)(C)C(C)(C)C)c1ccc(O)c2[nH]c(=O)ccc12)C(=O)OC(C)(C)C. The van der Waals surface area contributed by atoms with E-state index in [0.717, 1.165) is 12.1 Å². The van der Waals surface area contributed by atoms with Crippen molar-refractivity contribution in [3.05, 3.63) is 69.3 Å². The molecule has 1 unspecified atom stereocenters. The Morgan fingerprint density at radius 3 is 2.28 bits per heavy atom. The van der Waals surface area contributed by atoms with Crippen molar-refractivity contribution in [2.24, 2.45) is 0 Å². The third-order valence-electron chi connectivity index (χ3n) is 7.50. The smallest absolute Gasteiger partial charge is 0.410 e. The van der Waals surface area contributed by atoms with Gasteiger partial charge in [0, 0.05) is 17.0 Å². The molecule has 1 aromatic heterocycles. The molecule has 1 amide bonds. The molecule has 0 radical (unpaired) electrons. The van der Waals surface area contributed by atoms with Gasteiger partial charge in [-0.15, -0.1) is 0 Å². The van der Waals surface area contributed by atoms with Crippen LogP contribution in [-0.4, -0.2) is 59.7 Å². The number of aromatic amines is 1. The number of benzene rings is 2. The van der Waals surface area contributed by atoms with E-state index in [0.29, 0.717) is 10.9 Å². The van der Waals surface area contributed by atoms with Crippen molar-refractivity contribution in [1.29, 1.82) is 0 Å². The van der Waals surface area contributed by atoms with Gasteiger partial charge in [0.2, 0.25) is 5.56 Å². The Bertz CT molecular complexity index is 1570. The van der Waals surface area contributed by atoms with Crippen LogP contribution < -0.4 is 10.3 Å². The lowest BCUT2D eigenvalue weighted by molar-refractivity contribution is 0.0135. The molecule has 3 rings (SSSR count). The molecule has 0 aliphatic carbocycles. The van der Waals surface area contributed by atoms with Gasteiger partial charge in [0.1, 0.15) is 22.9 Å². The molecule has 3 N–H and O–H groups in total. The van der Waals surface area contributed by atoms with Crippen LogP contribution in [0.4, 0.5) is 9.18 Å². The van der Waals surface area contributed by atoms with Gasteiger partial charge in [-0.05, 0) is 68.7 Å². The van der Waals surface area contributed by atoms with Gasteiger partial charge in [-0.1, -0.05) is 26.8 Å². The molecule has 2 aromatic carbocycles. The molecule has 0 spiro atoms. The van der Waals surface area contributed by atoms with Gasteiger partial charge in [0.25, 0.3) is 0 Å². The van der Waals surface area contributed by atoms with Gasteiger partial charge in [0.05, 0.1) is 37.4 Å². The number of pyridine rings is 1. The summed E-state index contributed by atoms with van der Waals surface area (Å²) in [5, 5.41) is 20.2. The van der Waals surface area contributed by atoms with Crippen molar-refractivity contribution in [3.8, 4) is 11.5 Å². The van der Waals surface area contributed by atoms with Gasteiger partial charge in [-0.25, -0.2) is 14.0 Å². The first-order valence-electron chi connectivity index (χ1n) is 13.8. The number of carbonyl (C=O) groups is 2. The Hall–Kier alpha value is -3.90. The number of aromatic hydroxyl groups is 1. The number of nitrogens with zero attached hydrogens (tertiary/aromatic N) is 1. The maximum atomic E-state index is 14.8. The van der Waals surface area contributed by atoms with Crippen molar-refractivity contribution >= 4 is 31.3 Å². The molecule has 1 heterocycles. The molecule has 0 aliphatic heterocycles. The van der Waals surface area contributed by atoms with Gasteiger partial charge in [-0.3, -0.25) is 4.79 Å². The highest BCUT2D eigenvalue weighted by molar-refractivity contribution is 6.74. The van der Waals surface area contributed by atoms with Gasteiger partial charge in [-0.2, -0.15) is 0 Å². The summed E-state index contributed by atoms with van der Waals surface area (Å²) < 4.78 is 32.8. The first-order valence-corrected chi connectivity index (χ1v) is 16.7. The van der Waals surface area contributed by atoms with E-state index >= 15 is 0 Å². The normalized spacial score (nSPS) is 13.1. The van der Waals surface area contributed by atoms with E-state index in [1.54, 1.807) is 32.9 Å². The van der Waals surface area contributed by atoms with Crippen LogP contribution in [0.25, 0.3) is 10.9 Å². The Morgan fingerprint density at radius 2 is 1.72 bits per heavy atom. The monoisotopic (exact) mass is 616 g/mol. The number of carbonyl (C=O) groups excluding carboxylic acids is 1. The number of ether oxygens (including phenoxy) is 2. The van der Waals surface area contributed by atoms with Gasteiger partial charge >= 0.3 is 12.1 Å². The van der Waals surface area contributed by atoms with E-state index in [1.165, 1.54) is 24.1 Å². The summed E-state index contributed by atoms with van der Waals surface area (Å²) in [5.41, 5.74) is -0.753. The van der Waals surface area contributed by atoms with Crippen LogP contribution in [-0.2, 0) is 15.7 Å². The van der Waals surface area contributed by atoms with E-state index in [9.17, 15) is 29.0 Å². The second kappa shape index (κ2) is 12.4.